The molecule has 0 amide bonds. The minimum Gasteiger partial charge on any atom is -0.350 e. The molecule has 0 unspecified atom stereocenters. The fourth-order valence-electron chi connectivity index (χ4n) is 5.05. The lowest BCUT2D eigenvalue weighted by molar-refractivity contribution is 0.166. The van der Waals surface area contributed by atoms with E-state index in [2.05, 4.69) is 34.3 Å². The van der Waals surface area contributed by atoms with E-state index in [-0.39, 0.29) is 5.56 Å². The van der Waals surface area contributed by atoms with Crippen LogP contribution in [-0.2, 0) is 7.05 Å². The zero-order valence-electron chi connectivity index (χ0n) is 15.4. The predicted molar refractivity (Wildman–Crippen MR) is 101 cm³/mol. The van der Waals surface area contributed by atoms with E-state index in [1.807, 2.05) is 0 Å². The highest BCUT2D eigenvalue weighted by atomic mass is 16.1. The molecule has 0 spiro atoms. The van der Waals surface area contributed by atoms with Gasteiger partial charge in [0.1, 0.15) is 0 Å². The Morgan fingerprint density at radius 1 is 1.28 bits per heavy atom. The van der Waals surface area contributed by atoms with Crippen LogP contribution in [0.1, 0.15) is 39.0 Å². The Bertz CT molecular complexity index is 697. The first kappa shape index (κ1) is 16.8. The van der Waals surface area contributed by atoms with Crippen molar-refractivity contribution in [3.05, 3.63) is 34.9 Å². The van der Waals surface area contributed by atoms with Gasteiger partial charge in [0, 0.05) is 44.6 Å². The molecule has 0 radical (unpaired) electrons. The fraction of sp³-hybridized carbons (Fsp3) is 0.700. The van der Waals surface area contributed by atoms with Crippen LogP contribution in [0, 0.1) is 17.8 Å². The molecule has 5 heteroatoms. The Morgan fingerprint density at radius 2 is 2.16 bits per heavy atom. The van der Waals surface area contributed by atoms with E-state index in [9.17, 15) is 4.79 Å². The summed E-state index contributed by atoms with van der Waals surface area (Å²) in [5.74, 6) is 2.93. The first-order valence-corrected chi connectivity index (χ1v) is 9.83. The first-order chi connectivity index (χ1) is 12.1. The van der Waals surface area contributed by atoms with Gasteiger partial charge in [-0.3, -0.25) is 4.79 Å². The lowest BCUT2D eigenvalue weighted by atomic mass is 9.67. The fourth-order valence-corrected chi connectivity index (χ4v) is 5.05. The van der Waals surface area contributed by atoms with Crippen LogP contribution in [0.2, 0.25) is 0 Å². The van der Waals surface area contributed by atoms with E-state index in [1.54, 1.807) is 24.0 Å². The van der Waals surface area contributed by atoms with Gasteiger partial charge in [0.15, 0.2) is 5.82 Å². The van der Waals surface area contributed by atoms with Crippen molar-refractivity contribution in [3.63, 3.8) is 0 Å². The van der Waals surface area contributed by atoms with Gasteiger partial charge in [0.2, 0.25) is 0 Å². The summed E-state index contributed by atoms with van der Waals surface area (Å²) < 4.78 is 1.62. The Morgan fingerprint density at radius 3 is 2.88 bits per heavy atom. The molecule has 1 saturated heterocycles. The molecule has 25 heavy (non-hydrogen) atoms. The second kappa shape index (κ2) is 6.94. The Kier molecular flexibility index (Phi) is 4.67. The summed E-state index contributed by atoms with van der Waals surface area (Å²) in [4.78, 5) is 18.9. The third kappa shape index (κ3) is 3.39. The highest BCUT2D eigenvalue weighted by Gasteiger charge is 2.36. The molecule has 1 aromatic rings. The summed E-state index contributed by atoms with van der Waals surface area (Å²) in [6, 6.07) is 0.981. The topological polar surface area (TPSA) is 50.2 Å². The van der Waals surface area contributed by atoms with Crippen LogP contribution in [0.4, 0.5) is 5.82 Å². The van der Waals surface area contributed by atoms with Crippen LogP contribution in [0.5, 0.6) is 0 Å². The third-order valence-corrected chi connectivity index (χ3v) is 6.49. The van der Waals surface area contributed by atoms with E-state index < -0.39 is 0 Å². The predicted octanol–water partition coefficient (Wildman–Crippen LogP) is 2.33. The van der Waals surface area contributed by atoms with Crippen LogP contribution in [0.15, 0.2) is 29.3 Å². The third-order valence-electron chi connectivity index (χ3n) is 6.49. The lowest BCUT2D eigenvalue weighted by Crippen LogP contribution is -2.53. The highest BCUT2D eigenvalue weighted by Crippen LogP contribution is 2.42. The van der Waals surface area contributed by atoms with Crippen molar-refractivity contribution < 1.29 is 0 Å². The molecule has 4 aliphatic rings. The van der Waals surface area contributed by atoms with Gasteiger partial charge < -0.3 is 14.8 Å². The van der Waals surface area contributed by atoms with Gasteiger partial charge in [-0.05, 0) is 56.8 Å². The number of nitrogens with zero attached hydrogens (tertiary/aromatic N) is 3. The van der Waals surface area contributed by atoms with Crippen molar-refractivity contribution >= 4 is 5.82 Å². The molecule has 136 valence electrons. The molecule has 5 rings (SSSR count). The SMILES string of the molecule is C[C@H](N[C@H]1CCCN(c2nccn(C)c2=O)C1)[C@H]1C[C@H]2C=C[C@H]1CC2. The van der Waals surface area contributed by atoms with Crippen molar-refractivity contribution in [1.29, 1.82) is 0 Å². The van der Waals surface area contributed by atoms with Crippen LogP contribution in [-0.4, -0.2) is 34.7 Å². The van der Waals surface area contributed by atoms with Crippen molar-refractivity contribution in [2.45, 2.75) is 51.1 Å². The number of aromatic nitrogens is 2. The number of nitrogens with one attached hydrogen (secondary N) is 1. The smallest absolute Gasteiger partial charge is 0.293 e. The van der Waals surface area contributed by atoms with E-state index in [0.717, 1.165) is 37.3 Å². The molecule has 1 aromatic heterocycles. The molecule has 3 aliphatic carbocycles. The molecular weight excluding hydrogens is 312 g/mol. The van der Waals surface area contributed by atoms with Gasteiger partial charge >= 0.3 is 0 Å². The van der Waals surface area contributed by atoms with Crippen molar-refractivity contribution in [2.24, 2.45) is 24.8 Å². The molecule has 2 bridgehead atoms. The number of rotatable bonds is 4. The molecule has 2 fully saturated rings. The molecular formula is C20H30N4O. The second-order valence-corrected chi connectivity index (χ2v) is 8.19. The van der Waals surface area contributed by atoms with Crippen molar-refractivity contribution in [1.82, 2.24) is 14.9 Å². The average Bonchev–Trinajstić information content (AvgIpc) is 2.65. The van der Waals surface area contributed by atoms with Gasteiger partial charge in [-0.1, -0.05) is 12.2 Å². The maximum atomic E-state index is 12.4. The monoisotopic (exact) mass is 342 g/mol. The first-order valence-electron chi connectivity index (χ1n) is 9.83. The van der Waals surface area contributed by atoms with Crippen molar-refractivity contribution in [2.75, 3.05) is 18.0 Å². The Hall–Kier alpha value is -1.62. The quantitative estimate of drug-likeness (QED) is 0.853. The normalized spacial score (nSPS) is 32.8. The lowest BCUT2D eigenvalue weighted by Gasteiger charge is -2.43. The van der Waals surface area contributed by atoms with Gasteiger partial charge in [-0.25, -0.2) is 4.98 Å². The maximum absolute atomic E-state index is 12.4. The van der Waals surface area contributed by atoms with Gasteiger partial charge in [0.05, 0.1) is 0 Å². The molecule has 2 heterocycles. The second-order valence-electron chi connectivity index (χ2n) is 8.19. The number of allylic oxidation sites excluding steroid dienone is 2. The van der Waals surface area contributed by atoms with Gasteiger partial charge in [-0.15, -0.1) is 0 Å². The van der Waals surface area contributed by atoms with Gasteiger partial charge in [-0.2, -0.15) is 0 Å². The minimum atomic E-state index is 0.00549. The van der Waals surface area contributed by atoms with Crippen molar-refractivity contribution in [3.8, 4) is 0 Å². The van der Waals surface area contributed by atoms with E-state index >= 15 is 0 Å². The van der Waals surface area contributed by atoms with E-state index in [1.165, 1.54) is 25.7 Å². The minimum absolute atomic E-state index is 0.00549. The number of piperidine rings is 1. The zero-order chi connectivity index (χ0) is 17.4. The standard InChI is InChI=1S/C20H30N4O/c1-14(18-12-15-5-7-16(18)8-6-15)22-17-4-3-10-24(13-17)19-20(25)23(2)11-9-21-19/h5,7,9,11,14-18,22H,3-4,6,8,10,12-13H2,1-2H3/t14-,15-,16-,17-,18+/m0/s1. The summed E-state index contributed by atoms with van der Waals surface area (Å²) >= 11 is 0. The largest absolute Gasteiger partial charge is 0.350 e. The van der Waals surface area contributed by atoms with Crippen LogP contribution in [0.3, 0.4) is 0 Å². The van der Waals surface area contributed by atoms with Crippen LogP contribution in [0.25, 0.3) is 0 Å². The number of hydrogen-bond acceptors (Lipinski definition) is 4. The van der Waals surface area contributed by atoms with E-state index in [4.69, 9.17) is 0 Å². The molecule has 1 aliphatic heterocycles. The maximum Gasteiger partial charge on any atom is 0.293 e. The average molecular weight is 342 g/mol. The Labute approximate surface area is 150 Å². The number of anilines is 1. The molecule has 5 nitrogen and oxygen atoms in total. The summed E-state index contributed by atoms with van der Waals surface area (Å²) in [5, 5.41) is 3.90. The molecule has 1 saturated carbocycles. The van der Waals surface area contributed by atoms with Gasteiger partial charge in [0.25, 0.3) is 5.56 Å². The number of hydrogen-bond donors (Lipinski definition) is 1. The molecule has 5 atom stereocenters. The van der Waals surface area contributed by atoms with Crippen LogP contribution >= 0.6 is 0 Å². The zero-order valence-corrected chi connectivity index (χ0v) is 15.4. The summed E-state index contributed by atoms with van der Waals surface area (Å²) in [5.41, 5.74) is 0.00549. The highest BCUT2D eigenvalue weighted by molar-refractivity contribution is 5.36. The molecule has 1 N–H and O–H groups in total. The Balaban J connectivity index is 1.41. The number of fused-ring (bicyclic) bond motifs is 2. The van der Waals surface area contributed by atoms with Crippen LogP contribution < -0.4 is 15.8 Å². The molecule has 0 aromatic carbocycles. The van der Waals surface area contributed by atoms with E-state index in [0.29, 0.717) is 17.9 Å². The number of aryl methyl sites for hydroxylation is 1. The summed E-state index contributed by atoms with van der Waals surface area (Å²) in [6.45, 7) is 4.17. The summed E-state index contributed by atoms with van der Waals surface area (Å²) in [6.07, 6.45) is 14.7. The summed E-state index contributed by atoms with van der Waals surface area (Å²) in [7, 11) is 1.79.